The van der Waals surface area contributed by atoms with E-state index in [-0.39, 0.29) is 12.0 Å². The monoisotopic (exact) mass is 376 g/mol. The zero-order valence-electron chi connectivity index (χ0n) is 14.4. The summed E-state index contributed by atoms with van der Waals surface area (Å²) in [6.07, 6.45) is -0.326. The van der Waals surface area contributed by atoms with E-state index in [1.807, 2.05) is 0 Å². The number of nitrogens with one attached hydrogen (secondary N) is 2. The van der Waals surface area contributed by atoms with Gasteiger partial charge in [-0.05, 0) is 30.2 Å². The Hall–Kier alpha value is -3.29. The molecule has 27 heavy (non-hydrogen) atoms. The molecule has 0 saturated heterocycles. The van der Waals surface area contributed by atoms with Crippen LogP contribution >= 0.6 is 0 Å². The molecule has 2 atom stereocenters. The summed E-state index contributed by atoms with van der Waals surface area (Å²) in [5.41, 5.74) is 0.498. The summed E-state index contributed by atoms with van der Waals surface area (Å²) < 4.78 is 26.3. The summed E-state index contributed by atoms with van der Waals surface area (Å²) in [7, 11) is 0. The van der Waals surface area contributed by atoms with Crippen molar-refractivity contribution in [3.63, 3.8) is 0 Å². The Morgan fingerprint density at radius 2 is 1.59 bits per heavy atom. The number of carbonyl (C=O) groups is 3. The van der Waals surface area contributed by atoms with Gasteiger partial charge in [0.1, 0.15) is 17.7 Å². The van der Waals surface area contributed by atoms with Crippen LogP contribution in [0.1, 0.15) is 24.1 Å². The highest BCUT2D eigenvalue weighted by Gasteiger charge is 2.25. The minimum absolute atomic E-state index is 0.116. The van der Waals surface area contributed by atoms with Crippen LogP contribution in [0.4, 0.5) is 8.78 Å². The third-order valence-corrected chi connectivity index (χ3v) is 3.72. The zero-order valence-corrected chi connectivity index (χ0v) is 14.4. The van der Waals surface area contributed by atoms with E-state index in [4.69, 9.17) is 0 Å². The fraction of sp³-hybridized carbons (Fsp3) is 0.211. The third-order valence-electron chi connectivity index (χ3n) is 3.72. The van der Waals surface area contributed by atoms with E-state index in [2.05, 4.69) is 10.6 Å². The van der Waals surface area contributed by atoms with E-state index in [9.17, 15) is 28.3 Å². The summed E-state index contributed by atoms with van der Waals surface area (Å²) in [6.45, 7) is 1.38. The number of hydrogen-bond acceptors (Lipinski definition) is 3. The quantitative estimate of drug-likeness (QED) is 0.688. The molecule has 2 aromatic carbocycles. The Bertz CT molecular complexity index is 823. The minimum Gasteiger partial charge on any atom is -0.479 e. The van der Waals surface area contributed by atoms with Crippen LogP contribution in [-0.4, -0.2) is 28.9 Å². The van der Waals surface area contributed by atoms with Gasteiger partial charge < -0.3 is 15.7 Å². The molecule has 2 unspecified atom stereocenters. The summed E-state index contributed by atoms with van der Waals surface area (Å²) in [4.78, 5) is 35.6. The lowest BCUT2D eigenvalue weighted by Crippen LogP contribution is -2.47. The number of carboxylic acids is 1. The van der Waals surface area contributed by atoms with E-state index in [0.717, 1.165) is 12.1 Å². The van der Waals surface area contributed by atoms with Crippen LogP contribution in [0.2, 0.25) is 0 Å². The SMILES string of the molecule is CC(NC(=O)Cc1cc(F)cc(F)c1)C(=O)NC(C(=O)O)c1ccccc1. The summed E-state index contributed by atoms with van der Waals surface area (Å²) >= 11 is 0. The van der Waals surface area contributed by atoms with Gasteiger partial charge in [-0.1, -0.05) is 30.3 Å². The number of carbonyl (C=O) groups excluding carboxylic acids is 2. The number of aliphatic carboxylic acids is 1. The molecule has 142 valence electrons. The maximum atomic E-state index is 13.2. The summed E-state index contributed by atoms with van der Waals surface area (Å²) in [6, 6.07) is 8.52. The van der Waals surface area contributed by atoms with E-state index >= 15 is 0 Å². The molecule has 0 aromatic heterocycles. The molecule has 8 heteroatoms. The Morgan fingerprint density at radius 1 is 1.00 bits per heavy atom. The molecule has 0 fully saturated rings. The van der Waals surface area contributed by atoms with Crippen LogP contribution in [0, 0.1) is 11.6 Å². The van der Waals surface area contributed by atoms with Crippen molar-refractivity contribution >= 4 is 17.8 Å². The predicted octanol–water partition coefficient (Wildman–Crippen LogP) is 1.95. The van der Waals surface area contributed by atoms with Crippen molar-refractivity contribution in [2.45, 2.75) is 25.4 Å². The fourth-order valence-corrected chi connectivity index (χ4v) is 2.46. The second kappa shape index (κ2) is 8.88. The number of hydrogen-bond donors (Lipinski definition) is 3. The molecule has 0 heterocycles. The fourth-order valence-electron chi connectivity index (χ4n) is 2.46. The number of amides is 2. The lowest BCUT2D eigenvalue weighted by Gasteiger charge is -2.19. The third kappa shape index (κ3) is 5.88. The molecule has 0 spiro atoms. The van der Waals surface area contributed by atoms with Gasteiger partial charge >= 0.3 is 5.97 Å². The molecular formula is C19H18F2N2O4. The van der Waals surface area contributed by atoms with Crippen molar-refractivity contribution in [1.29, 1.82) is 0 Å². The first kappa shape index (κ1) is 20.0. The maximum absolute atomic E-state index is 13.2. The van der Waals surface area contributed by atoms with Crippen LogP contribution in [0.5, 0.6) is 0 Å². The standard InChI is InChI=1S/C19H18F2N2O4/c1-11(22-16(24)9-12-7-14(20)10-15(21)8-12)18(25)23-17(19(26)27)13-5-3-2-4-6-13/h2-8,10-11,17H,9H2,1H3,(H,22,24)(H,23,25)(H,26,27). The lowest BCUT2D eigenvalue weighted by molar-refractivity contribution is -0.142. The molecular weight excluding hydrogens is 358 g/mol. The highest BCUT2D eigenvalue weighted by atomic mass is 19.1. The first-order valence-electron chi connectivity index (χ1n) is 8.08. The second-order valence-corrected chi connectivity index (χ2v) is 5.93. The number of carboxylic acid groups (broad SMARTS) is 1. The average Bonchev–Trinajstić information content (AvgIpc) is 2.58. The largest absolute Gasteiger partial charge is 0.479 e. The topological polar surface area (TPSA) is 95.5 Å². The zero-order chi connectivity index (χ0) is 20.0. The first-order valence-corrected chi connectivity index (χ1v) is 8.08. The maximum Gasteiger partial charge on any atom is 0.330 e. The van der Waals surface area contributed by atoms with Crippen LogP contribution in [0.3, 0.4) is 0 Å². The number of rotatable bonds is 7. The molecule has 0 radical (unpaired) electrons. The molecule has 2 rings (SSSR count). The van der Waals surface area contributed by atoms with E-state index < -0.39 is 41.5 Å². The van der Waals surface area contributed by atoms with Gasteiger partial charge in [0.05, 0.1) is 6.42 Å². The Labute approximate surface area is 154 Å². The van der Waals surface area contributed by atoms with Crippen molar-refractivity contribution in [3.8, 4) is 0 Å². The van der Waals surface area contributed by atoms with Gasteiger partial charge in [-0.25, -0.2) is 13.6 Å². The Kier molecular flexibility index (Phi) is 6.59. The molecule has 0 aliphatic carbocycles. The molecule has 0 aliphatic heterocycles. The predicted molar refractivity (Wildman–Crippen MR) is 92.6 cm³/mol. The van der Waals surface area contributed by atoms with E-state index in [0.29, 0.717) is 11.6 Å². The van der Waals surface area contributed by atoms with Gasteiger partial charge in [0.15, 0.2) is 6.04 Å². The van der Waals surface area contributed by atoms with Crippen molar-refractivity contribution in [3.05, 3.63) is 71.3 Å². The lowest BCUT2D eigenvalue weighted by atomic mass is 10.1. The molecule has 0 aliphatic rings. The first-order chi connectivity index (χ1) is 12.8. The second-order valence-electron chi connectivity index (χ2n) is 5.93. The van der Waals surface area contributed by atoms with Crippen LogP contribution in [-0.2, 0) is 20.8 Å². The van der Waals surface area contributed by atoms with Crippen LogP contribution < -0.4 is 10.6 Å². The van der Waals surface area contributed by atoms with Crippen molar-refractivity contribution < 1.29 is 28.3 Å². The van der Waals surface area contributed by atoms with Gasteiger partial charge in [0.25, 0.3) is 0 Å². The molecule has 2 amide bonds. The van der Waals surface area contributed by atoms with Gasteiger partial charge in [-0.3, -0.25) is 9.59 Å². The van der Waals surface area contributed by atoms with E-state index in [1.54, 1.807) is 30.3 Å². The van der Waals surface area contributed by atoms with Crippen molar-refractivity contribution in [2.24, 2.45) is 0 Å². The van der Waals surface area contributed by atoms with Crippen LogP contribution in [0.25, 0.3) is 0 Å². The van der Waals surface area contributed by atoms with Gasteiger partial charge in [-0.15, -0.1) is 0 Å². The van der Waals surface area contributed by atoms with Gasteiger partial charge in [0.2, 0.25) is 11.8 Å². The van der Waals surface area contributed by atoms with Gasteiger partial charge in [0, 0.05) is 6.07 Å². The highest BCUT2D eigenvalue weighted by Crippen LogP contribution is 2.13. The average molecular weight is 376 g/mol. The highest BCUT2D eigenvalue weighted by molar-refractivity contribution is 5.91. The molecule has 0 bridgehead atoms. The molecule has 2 aromatic rings. The smallest absolute Gasteiger partial charge is 0.330 e. The molecule has 6 nitrogen and oxygen atoms in total. The number of benzene rings is 2. The Balaban J connectivity index is 1.97. The minimum atomic E-state index is -1.27. The summed E-state index contributed by atoms with van der Waals surface area (Å²) in [5.74, 6) is -4.20. The van der Waals surface area contributed by atoms with Crippen LogP contribution in [0.15, 0.2) is 48.5 Å². The normalized spacial score (nSPS) is 12.7. The molecule has 3 N–H and O–H groups in total. The van der Waals surface area contributed by atoms with Crippen molar-refractivity contribution in [2.75, 3.05) is 0 Å². The van der Waals surface area contributed by atoms with Gasteiger partial charge in [-0.2, -0.15) is 0 Å². The Morgan fingerprint density at radius 3 is 2.15 bits per heavy atom. The molecule has 0 saturated carbocycles. The number of halogens is 2. The van der Waals surface area contributed by atoms with Crippen molar-refractivity contribution in [1.82, 2.24) is 10.6 Å². The van der Waals surface area contributed by atoms with E-state index in [1.165, 1.54) is 6.92 Å². The summed E-state index contributed by atoms with van der Waals surface area (Å²) in [5, 5.41) is 14.0.